The highest BCUT2D eigenvalue weighted by Crippen LogP contribution is 2.46. The van der Waals surface area contributed by atoms with Crippen molar-refractivity contribution in [3.63, 3.8) is 0 Å². The number of halogens is 2. The fraction of sp³-hybridized carbons (Fsp3) is 0.684. The zero-order chi connectivity index (χ0) is 16.4. The first-order valence-corrected chi connectivity index (χ1v) is 9.20. The predicted octanol–water partition coefficient (Wildman–Crippen LogP) is 4.20. The maximum Gasteiger partial charge on any atom is 0.0906 e. The summed E-state index contributed by atoms with van der Waals surface area (Å²) in [6, 6.07) is 9.80. The van der Waals surface area contributed by atoms with Gasteiger partial charge in [-0.1, -0.05) is 23.7 Å². The Morgan fingerprint density at radius 2 is 2.00 bits per heavy atom. The Morgan fingerprint density at radius 1 is 1.26 bits per heavy atom. The van der Waals surface area contributed by atoms with Gasteiger partial charge in [0.25, 0.3) is 0 Å². The summed E-state index contributed by atoms with van der Waals surface area (Å²) in [4.78, 5) is 4.92. The van der Waals surface area contributed by atoms with Gasteiger partial charge in [0.2, 0.25) is 0 Å². The van der Waals surface area contributed by atoms with Crippen LogP contribution in [-0.4, -0.2) is 55.7 Å². The molecule has 0 unspecified atom stereocenters. The fourth-order valence-electron chi connectivity index (χ4n) is 4.70. The summed E-state index contributed by atoms with van der Waals surface area (Å²) in [7, 11) is 4.42. The molecule has 2 aliphatic heterocycles. The molecule has 0 N–H and O–H groups in total. The molecule has 2 aliphatic rings. The smallest absolute Gasteiger partial charge is 0.0906 e. The van der Waals surface area contributed by atoms with E-state index in [0.29, 0.717) is 30.3 Å². The molecule has 1 aromatic carbocycles. The average Bonchev–Trinajstić information content (AvgIpc) is 2.78. The summed E-state index contributed by atoms with van der Waals surface area (Å²) in [5, 5.41) is 0.807. The van der Waals surface area contributed by atoms with Crippen LogP contribution >= 0.6 is 11.6 Å². The van der Waals surface area contributed by atoms with E-state index in [2.05, 4.69) is 36.0 Å². The molecule has 1 aromatic rings. The van der Waals surface area contributed by atoms with Gasteiger partial charge in [0.15, 0.2) is 0 Å². The van der Waals surface area contributed by atoms with Crippen LogP contribution in [0.1, 0.15) is 37.2 Å². The van der Waals surface area contributed by atoms with E-state index in [-0.39, 0.29) is 6.67 Å². The molecular formula is C19H28ClFN2. The summed E-state index contributed by atoms with van der Waals surface area (Å²) in [6.07, 6.45) is 4.48. The lowest BCUT2D eigenvalue weighted by Crippen LogP contribution is -2.49. The van der Waals surface area contributed by atoms with E-state index >= 15 is 0 Å². The molecule has 3 rings (SSSR count). The first-order chi connectivity index (χ1) is 11.1. The monoisotopic (exact) mass is 337 g/mol. The number of hydrogen-bond acceptors (Lipinski definition) is 2. The van der Waals surface area contributed by atoms with Crippen LogP contribution in [0.4, 0.5) is 4.39 Å². The number of hydrogen-bond donors (Lipinski definition) is 0. The van der Waals surface area contributed by atoms with Crippen molar-refractivity contribution >= 4 is 11.6 Å². The van der Waals surface area contributed by atoms with E-state index in [4.69, 9.17) is 11.6 Å². The highest BCUT2D eigenvalue weighted by atomic mass is 35.5. The Bertz CT molecular complexity index is 507. The lowest BCUT2D eigenvalue weighted by Gasteiger charge is -2.44. The number of nitrogens with zero attached hydrogens (tertiary/aromatic N) is 2. The van der Waals surface area contributed by atoms with Crippen LogP contribution < -0.4 is 0 Å². The first-order valence-electron chi connectivity index (χ1n) is 8.82. The molecule has 23 heavy (non-hydrogen) atoms. The molecule has 0 aliphatic carbocycles. The molecule has 0 spiro atoms. The van der Waals surface area contributed by atoms with Gasteiger partial charge in [0, 0.05) is 30.2 Å². The summed E-state index contributed by atoms with van der Waals surface area (Å²) >= 11 is 6.07. The Morgan fingerprint density at radius 3 is 2.70 bits per heavy atom. The third-order valence-corrected chi connectivity index (χ3v) is 6.18. The minimum atomic E-state index is -0.221. The van der Waals surface area contributed by atoms with Crippen LogP contribution in [0, 0.1) is 5.92 Å². The molecule has 0 amide bonds. The van der Waals surface area contributed by atoms with Crippen molar-refractivity contribution < 1.29 is 4.39 Å². The molecule has 2 fully saturated rings. The summed E-state index contributed by atoms with van der Waals surface area (Å²) in [5.74, 6) is 1.21. The SMILES string of the molecule is CN(CCC[18F])C[C@H]1[C@@H](c2ccc(Cl)cc2)C[C@@H]2CC[C@H]1N2C. The fourth-order valence-corrected chi connectivity index (χ4v) is 4.83. The molecule has 4 heteroatoms. The van der Waals surface area contributed by atoms with Crippen LogP contribution in [0.25, 0.3) is 0 Å². The largest absolute Gasteiger partial charge is 0.306 e. The van der Waals surface area contributed by atoms with Gasteiger partial charge < -0.3 is 9.80 Å². The van der Waals surface area contributed by atoms with E-state index in [1.807, 2.05) is 12.1 Å². The van der Waals surface area contributed by atoms with Crippen LogP contribution in [-0.2, 0) is 0 Å². The third-order valence-electron chi connectivity index (χ3n) is 5.93. The molecule has 0 radical (unpaired) electrons. The van der Waals surface area contributed by atoms with E-state index < -0.39 is 0 Å². The molecule has 2 bridgehead atoms. The van der Waals surface area contributed by atoms with E-state index in [0.717, 1.165) is 18.1 Å². The van der Waals surface area contributed by atoms with Gasteiger partial charge in [-0.25, -0.2) is 0 Å². The first kappa shape index (κ1) is 17.2. The van der Waals surface area contributed by atoms with Gasteiger partial charge >= 0.3 is 0 Å². The Balaban J connectivity index is 1.79. The quantitative estimate of drug-likeness (QED) is 0.767. The molecule has 2 nitrogen and oxygen atoms in total. The van der Waals surface area contributed by atoms with E-state index in [1.165, 1.54) is 24.8 Å². The topological polar surface area (TPSA) is 6.48 Å². The van der Waals surface area contributed by atoms with Crippen molar-refractivity contribution in [2.45, 2.75) is 43.7 Å². The highest BCUT2D eigenvalue weighted by Gasteiger charge is 2.45. The van der Waals surface area contributed by atoms with Crippen LogP contribution in [0.2, 0.25) is 5.02 Å². The Hall–Kier alpha value is -0.640. The summed E-state index contributed by atoms with van der Waals surface area (Å²) in [6.45, 7) is 1.68. The van der Waals surface area contributed by atoms with E-state index in [9.17, 15) is 4.39 Å². The van der Waals surface area contributed by atoms with Crippen molar-refractivity contribution in [3.8, 4) is 0 Å². The number of benzene rings is 1. The number of piperidine rings is 1. The van der Waals surface area contributed by atoms with Crippen molar-refractivity contribution in [1.82, 2.24) is 9.80 Å². The molecule has 2 saturated heterocycles. The Labute approximate surface area is 144 Å². The maximum atomic E-state index is 12.5. The minimum Gasteiger partial charge on any atom is -0.306 e. The van der Waals surface area contributed by atoms with Crippen LogP contribution in [0.3, 0.4) is 0 Å². The maximum absolute atomic E-state index is 12.5. The highest BCUT2D eigenvalue weighted by molar-refractivity contribution is 6.30. The standard InChI is InChI=1S/C19H28ClFN2/c1-22(11-3-10-21)13-18-17(14-4-6-15(20)7-5-14)12-16-8-9-19(18)23(16)2/h4-7,16-19H,3,8-13H2,1-2H3/t16-,17+,18-,19+/m0/s1/i21-1. The second-order valence-corrected chi connectivity index (χ2v) is 7.76. The summed E-state index contributed by atoms with van der Waals surface area (Å²) < 4.78 is 12.5. The minimum absolute atomic E-state index is 0.221. The molecule has 2 heterocycles. The molecular weight excluding hydrogens is 310 g/mol. The van der Waals surface area contributed by atoms with Crippen molar-refractivity contribution in [2.24, 2.45) is 5.92 Å². The molecule has 0 saturated carbocycles. The number of alkyl halides is 1. The van der Waals surface area contributed by atoms with Crippen LogP contribution in [0.15, 0.2) is 24.3 Å². The zero-order valence-corrected chi connectivity index (χ0v) is 15.0. The normalized spacial score (nSPS) is 31.0. The van der Waals surface area contributed by atoms with Gasteiger partial charge in [-0.2, -0.15) is 0 Å². The average molecular weight is 338 g/mol. The van der Waals surface area contributed by atoms with Gasteiger partial charge in [-0.3, -0.25) is 4.39 Å². The van der Waals surface area contributed by atoms with Crippen LogP contribution in [0.5, 0.6) is 0 Å². The second kappa shape index (κ2) is 7.50. The zero-order valence-electron chi connectivity index (χ0n) is 14.2. The van der Waals surface area contributed by atoms with Gasteiger partial charge in [-0.15, -0.1) is 0 Å². The molecule has 128 valence electrons. The van der Waals surface area contributed by atoms with Crippen molar-refractivity contribution in [1.29, 1.82) is 0 Å². The van der Waals surface area contributed by atoms with Gasteiger partial charge in [0.1, 0.15) is 0 Å². The Kier molecular flexibility index (Phi) is 5.61. The van der Waals surface area contributed by atoms with E-state index in [1.54, 1.807) is 0 Å². The molecule has 4 atom stereocenters. The third kappa shape index (κ3) is 3.72. The second-order valence-electron chi connectivity index (χ2n) is 7.33. The van der Waals surface area contributed by atoms with Gasteiger partial charge in [0.05, 0.1) is 6.67 Å². The predicted molar refractivity (Wildman–Crippen MR) is 95.0 cm³/mol. The number of fused-ring (bicyclic) bond motifs is 2. The lowest BCUT2D eigenvalue weighted by atomic mass is 9.76. The summed E-state index contributed by atoms with van der Waals surface area (Å²) in [5.41, 5.74) is 1.42. The lowest BCUT2D eigenvalue weighted by molar-refractivity contribution is 0.0766. The van der Waals surface area contributed by atoms with Gasteiger partial charge in [-0.05, 0) is 69.3 Å². The number of rotatable bonds is 6. The molecule has 0 aromatic heterocycles. The van der Waals surface area contributed by atoms with Crippen molar-refractivity contribution in [2.75, 3.05) is 33.9 Å². The van der Waals surface area contributed by atoms with Crippen molar-refractivity contribution in [3.05, 3.63) is 34.9 Å².